The Hall–Kier alpha value is -0.700. The number of thiophene rings is 1. The summed E-state index contributed by atoms with van der Waals surface area (Å²) in [5.41, 5.74) is 1.36. The lowest BCUT2D eigenvalue weighted by Gasteiger charge is -2.24. The minimum absolute atomic E-state index is 0.189. The van der Waals surface area contributed by atoms with Crippen LogP contribution in [0.5, 0.6) is 5.75 Å². The van der Waals surface area contributed by atoms with Gasteiger partial charge in [-0.3, -0.25) is 0 Å². The van der Waals surface area contributed by atoms with Crippen LogP contribution in [-0.2, 0) is 0 Å². The first-order valence-electron chi connectivity index (χ1n) is 3.87. The van der Waals surface area contributed by atoms with Crippen LogP contribution in [0.1, 0.15) is 12.8 Å². The molecule has 1 fully saturated rings. The summed E-state index contributed by atoms with van der Waals surface area (Å²) in [5, 5.41) is 7.55. The van der Waals surface area contributed by atoms with E-state index in [0.29, 0.717) is 0 Å². The van der Waals surface area contributed by atoms with Gasteiger partial charge in [-0.15, -0.1) is 11.3 Å². The van der Waals surface area contributed by atoms with E-state index in [9.17, 15) is 0 Å². The van der Waals surface area contributed by atoms with Crippen molar-refractivity contribution in [1.29, 1.82) is 0 Å². The molecule has 3 rings (SSSR count). The Bertz CT molecular complexity index is 290. The van der Waals surface area contributed by atoms with Gasteiger partial charge >= 0.3 is 0 Å². The van der Waals surface area contributed by atoms with E-state index in [4.69, 9.17) is 4.74 Å². The van der Waals surface area contributed by atoms with E-state index in [0.717, 1.165) is 12.3 Å². The van der Waals surface area contributed by atoms with Crippen LogP contribution < -0.4 is 10.1 Å². The molecule has 0 aromatic carbocycles. The fraction of sp³-hybridized carbons (Fsp3) is 0.500. The van der Waals surface area contributed by atoms with E-state index in [2.05, 4.69) is 16.1 Å². The van der Waals surface area contributed by atoms with Crippen molar-refractivity contribution in [2.24, 2.45) is 0 Å². The SMILES string of the molecule is c1scc2c1NCC1(CC1)O2. The molecule has 1 spiro atoms. The lowest BCUT2D eigenvalue weighted by Crippen LogP contribution is -2.31. The van der Waals surface area contributed by atoms with Gasteiger partial charge in [0, 0.05) is 10.8 Å². The van der Waals surface area contributed by atoms with Crippen molar-refractivity contribution in [2.45, 2.75) is 18.4 Å². The highest BCUT2D eigenvalue weighted by atomic mass is 32.1. The largest absolute Gasteiger partial charge is 0.482 e. The predicted octanol–water partition coefficient (Wildman–Crippen LogP) is 2.08. The molecule has 1 aliphatic carbocycles. The summed E-state index contributed by atoms with van der Waals surface area (Å²) >= 11 is 1.70. The fourth-order valence-corrected chi connectivity index (χ4v) is 2.14. The molecule has 0 atom stereocenters. The van der Waals surface area contributed by atoms with Gasteiger partial charge < -0.3 is 10.1 Å². The number of fused-ring (bicyclic) bond motifs is 1. The molecule has 0 saturated heterocycles. The zero-order valence-corrected chi connectivity index (χ0v) is 6.91. The van der Waals surface area contributed by atoms with E-state index >= 15 is 0 Å². The average Bonchev–Trinajstić information content (AvgIpc) is 2.63. The molecular formula is C8H9NOS. The van der Waals surface area contributed by atoms with Gasteiger partial charge in [-0.05, 0) is 12.8 Å². The van der Waals surface area contributed by atoms with E-state index in [1.165, 1.54) is 18.5 Å². The summed E-state index contributed by atoms with van der Waals surface area (Å²) < 4.78 is 5.82. The maximum absolute atomic E-state index is 5.82. The molecule has 3 heteroatoms. The van der Waals surface area contributed by atoms with Crippen molar-refractivity contribution < 1.29 is 4.74 Å². The van der Waals surface area contributed by atoms with Crippen LogP contribution in [0, 0.1) is 0 Å². The van der Waals surface area contributed by atoms with Crippen molar-refractivity contribution in [3.63, 3.8) is 0 Å². The second kappa shape index (κ2) is 1.72. The minimum atomic E-state index is 0.189. The molecular weight excluding hydrogens is 158 g/mol. The summed E-state index contributed by atoms with van der Waals surface area (Å²) in [6, 6.07) is 0. The quantitative estimate of drug-likeness (QED) is 0.638. The van der Waals surface area contributed by atoms with Gasteiger partial charge in [0.1, 0.15) is 5.60 Å². The van der Waals surface area contributed by atoms with Crippen molar-refractivity contribution in [3.05, 3.63) is 10.8 Å². The van der Waals surface area contributed by atoms with E-state index < -0.39 is 0 Å². The number of hydrogen-bond acceptors (Lipinski definition) is 3. The molecule has 2 heterocycles. The molecule has 0 radical (unpaired) electrons. The second-order valence-corrected chi connectivity index (χ2v) is 4.03. The first kappa shape index (κ1) is 5.89. The van der Waals surface area contributed by atoms with Gasteiger partial charge in [-0.1, -0.05) is 0 Å². The third-order valence-electron chi connectivity index (χ3n) is 2.36. The van der Waals surface area contributed by atoms with Crippen LogP contribution in [0.25, 0.3) is 0 Å². The monoisotopic (exact) mass is 167 g/mol. The highest BCUT2D eigenvalue weighted by molar-refractivity contribution is 7.08. The lowest BCUT2D eigenvalue weighted by molar-refractivity contribution is 0.185. The van der Waals surface area contributed by atoms with E-state index in [1.54, 1.807) is 11.3 Å². The molecule has 1 N–H and O–H groups in total. The Balaban J connectivity index is 2.00. The molecule has 1 aromatic rings. The van der Waals surface area contributed by atoms with Gasteiger partial charge in [0.15, 0.2) is 5.75 Å². The predicted molar refractivity (Wildman–Crippen MR) is 45.4 cm³/mol. The molecule has 1 aliphatic heterocycles. The smallest absolute Gasteiger partial charge is 0.154 e. The summed E-state index contributed by atoms with van der Waals surface area (Å²) in [5.74, 6) is 1.05. The third-order valence-corrected chi connectivity index (χ3v) is 3.08. The number of hydrogen-bond donors (Lipinski definition) is 1. The summed E-state index contributed by atoms with van der Waals surface area (Å²) in [6.07, 6.45) is 2.44. The molecule has 58 valence electrons. The number of nitrogens with one attached hydrogen (secondary N) is 1. The summed E-state index contributed by atoms with van der Waals surface area (Å²) in [6.45, 7) is 0.997. The van der Waals surface area contributed by atoms with E-state index in [1.807, 2.05) is 0 Å². The first-order valence-corrected chi connectivity index (χ1v) is 4.81. The average molecular weight is 167 g/mol. The zero-order chi connectivity index (χ0) is 7.31. The van der Waals surface area contributed by atoms with Crippen LogP contribution >= 0.6 is 11.3 Å². The second-order valence-electron chi connectivity index (χ2n) is 3.29. The van der Waals surface area contributed by atoms with Crippen molar-refractivity contribution in [2.75, 3.05) is 11.9 Å². The Morgan fingerprint density at radius 1 is 1.45 bits per heavy atom. The molecule has 1 aromatic heterocycles. The highest BCUT2D eigenvalue weighted by Crippen LogP contribution is 2.46. The van der Waals surface area contributed by atoms with Crippen molar-refractivity contribution in [1.82, 2.24) is 0 Å². The molecule has 2 nitrogen and oxygen atoms in total. The molecule has 11 heavy (non-hydrogen) atoms. The highest BCUT2D eigenvalue weighted by Gasteiger charge is 2.47. The van der Waals surface area contributed by atoms with Gasteiger partial charge in [0.05, 0.1) is 12.2 Å². The van der Waals surface area contributed by atoms with Crippen molar-refractivity contribution >= 4 is 17.0 Å². The number of rotatable bonds is 0. The Morgan fingerprint density at radius 3 is 3.18 bits per heavy atom. The van der Waals surface area contributed by atoms with Crippen LogP contribution in [0.4, 0.5) is 5.69 Å². The molecule has 1 saturated carbocycles. The Labute approximate surface area is 69.2 Å². The first-order chi connectivity index (χ1) is 5.38. The number of ether oxygens (including phenoxy) is 1. The molecule has 0 unspecified atom stereocenters. The Morgan fingerprint density at radius 2 is 2.36 bits per heavy atom. The number of anilines is 1. The van der Waals surface area contributed by atoms with Crippen molar-refractivity contribution in [3.8, 4) is 5.75 Å². The summed E-state index contributed by atoms with van der Waals surface area (Å²) in [7, 11) is 0. The fourth-order valence-electron chi connectivity index (χ4n) is 1.44. The van der Waals surface area contributed by atoms with Gasteiger partial charge in [0.25, 0.3) is 0 Å². The molecule has 2 aliphatic rings. The maximum Gasteiger partial charge on any atom is 0.154 e. The molecule has 0 amide bonds. The third kappa shape index (κ3) is 0.774. The standard InChI is InChI=1S/C8H9NOS/c1-2-8(1)5-9-6-3-11-4-7(6)10-8/h3-4,9H,1-2,5H2. The Kier molecular flexibility index (Phi) is 0.921. The topological polar surface area (TPSA) is 21.3 Å². The van der Waals surface area contributed by atoms with Gasteiger partial charge in [-0.2, -0.15) is 0 Å². The van der Waals surface area contributed by atoms with Crippen LogP contribution in [0.3, 0.4) is 0 Å². The minimum Gasteiger partial charge on any atom is -0.482 e. The maximum atomic E-state index is 5.82. The van der Waals surface area contributed by atoms with Gasteiger partial charge in [-0.25, -0.2) is 0 Å². The summed E-state index contributed by atoms with van der Waals surface area (Å²) in [4.78, 5) is 0. The zero-order valence-electron chi connectivity index (χ0n) is 6.09. The van der Waals surface area contributed by atoms with Crippen LogP contribution in [-0.4, -0.2) is 12.1 Å². The lowest BCUT2D eigenvalue weighted by atomic mass is 10.3. The normalized spacial score (nSPS) is 23.6. The van der Waals surface area contributed by atoms with Crippen LogP contribution in [0.2, 0.25) is 0 Å². The van der Waals surface area contributed by atoms with Gasteiger partial charge in [0.2, 0.25) is 0 Å². The van der Waals surface area contributed by atoms with Crippen LogP contribution in [0.15, 0.2) is 10.8 Å². The van der Waals surface area contributed by atoms with E-state index in [-0.39, 0.29) is 5.60 Å². The molecule has 0 bridgehead atoms.